The molecule has 10 nitrogen and oxygen atoms in total. The number of nitrogens with zero attached hydrogens (tertiary/aromatic N) is 2. The second-order valence-corrected chi connectivity index (χ2v) is 11.3. The van der Waals surface area contributed by atoms with Crippen molar-refractivity contribution < 1.29 is 33.3 Å². The summed E-state index contributed by atoms with van der Waals surface area (Å²) >= 11 is 10.0. The van der Waals surface area contributed by atoms with Crippen LogP contribution in [-0.2, 0) is 13.2 Å². The molecule has 3 aromatic carbocycles. The number of halogens is 2. The van der Waals surface area contributed by atoms with Crippen LogP contribution in [0.4, 0.5) is 0 Å². The minimum Gasteiger partial charge on any atom is -0.493 e. The Morgan fingerprint density at radius 1 is 0.978 bits per heavy atom. The van der Waals surface area contributed by atoms with Crippen molar-refractivity contribution in [1.29, 1.82) is 0 Å². The number of aryl methyl sites for hydroxylation is 2. The van der Waals surface area contributed by atoms with Gasteiger partial charge in [-0.15, -0.1) is 0 Å². The van der Waals surface area contributed by atoms with Crippen LogP contribution >= 0.6 is 27.5 Å². The molecule has 0 aliphatic rings. The molecular weight excluding hydrogens is 678 g/mol. The lowest BCUT2D eigenvalue weighted by molar-refractivity contribution is 0.0696. The summed E-state index contributed by atoms with van der Waals surface area (Å²) in [7, 11) is 1.47. The number of furan rings is 1. The average molecular weight is 707 g/mol. The van der Waals surface area contributed by atoms with Crippen molar-refractivity contribution in [1.82, 2.24) is 9.99 Å². The Morgan fingerprint density at radius 2 is 1.67 bits per heavy atom. The van der Waals surface area contributed by atoms with Crippen LogP contribution < -0.4 is 19.6 Å². The maximum Gasteiger partial charge on any atom is 0.335 e. The second kappa shape index (κ2) is 14.4. The molecule has 236 valence electrons. The fourth-order valence-electron chi connectivity index (χ4n) is 4.60. The highest BCUT2D eigenvalue weighted by atomic mass is 79.9. The number of rotatable bonds is 12. The van der Waals surface area contributed by atoms with Gasteiger partial charge in [0.05, 0.1) is 18.9 Å². The molecule has 2 heterocycles. The average Bonchev–Trinajstić information content (AvgIpc) is 3.67. The van der Waals surface area contributed by atoms with E-state index in [-0.39, 0.29) is 35.3 Å². The molecule has 0 saturated heterocycles. The number of aromatic nitrogens is 1. The first-order chi connectivity index (χ1) is 22.1. The van der Waals surface area contributed by atoms with E-state index in [0.29, 0.717) is 27.3 Å². The summed E-state index contributed by atoms with van der Waals surface area (Å²) in [6.07, 6.45) is 1.40. The van der Waals surface area contributed by atoms with E-state index in [9.17, 15) is 9.59 Å². The highest BCUT2D eigenvalue weighted by Gasteiger charge is 2.18. The van der Waals surface area contributed by atoms with Gasteiger partial charge in [0.2, 0.25) is 0 Å². The number of carboxylic acids is 1. The van der Waals surface area contributed by atoms with Crippen LogP contribution in [0.2, 0.25) is 5.02 Å². The van der Waals surface area contributed by atoms with Crippen LogP contribution in [0.15, 0.2) is 92.9 Å². The number of amides is 1. The highest BCUT2D eigenvalue weighted by Crippen LogP contribution is 2.42. The van der Waals surface area contributed by atoms with E-state index >= 15 is 0 Å². The van der Waals surface area contributed by atoms with Gasteiger partial charge in [-0.2, -0.15) is 5.10 Å². The fourth-order valence-corrected chi connectivity index (χ4v) is 5.25. The maximum absolute atomic E-state index is 12.7. The van der Waals surface area contributed by atoms with Gasteiger partial charge in [-0.25, -0.2) is 10.2 Å². The number of carboxylic acid groups (broad SMARTS) is 1. The van der Waals surface area contributed by atoms with Gasteiger partial charge >= 0.3 is 11.9 Å². The zero-order valence-corrected chi connectivity index (χ0v) is 27.4. The van der Waals surface area contributed by atoms with E-state index in [1.807, 2.05) is 24.3 Å². The van der Waals surface area contributed by atoms with E-state index in [1.54, 1.807) is 30.3 Å². The molecule has 0 fully saturated rings. The lowest BCUT2D eigenvalue weighted by Crippen LogP contribution is -2.16. The monoisotopic (exact) mass is 705 g/mol. The quantitative estimate of drug-likeness (QED) is 0.101. The summed E-state index contributed by atoms with van der Waals surface area (Å²) in [4.78, 5) is 23.7. The van der Waals surface area contributed by atoms with Gasteiger partial charge in [0, 0.05) is 27.1 Å². The van der Waals surface area contributed by atoms with Gasteiger partial charge in [0.1, 0.15) is 29.7 Å². The van der Waals surface area contributed by atoms with E-state index in [1.165, 1.54) is 25.5 Å². The van der Waals surface area contributed by atoms with Crippen LogP contribution in [0.3, 0.4) is 0 Å². The molecule has 46 heavy (non-hydrogen) atoms. The first-order valence-electron chi connectivity index (χ1n) is 14.0. The Bertz CT molecular complexity index is 1880. The van der Waals surface area contributed by atoms with Gasteiger partial charge in [-0.05, 0) is 102 Å². The molecule has 5 rings (SSSR count). The second-order valence-electron chi connectivity index (χ2n) is 10.1. The fraction of sp³-hybridized carbons (Fsp3) is 0.147. The molecule has 0 aliphatic carbocycles. The molecule has 2 aromatic heterocycles. The number of aromatic carboxylic acids is 1. The number of carbonyl (C=O) groups is 2. The Balaban J connectivity index is 1.17. The normalized spacial score (nSPS) is 11.1. The van der Waals surface area contributed by atoms with Gasteiger partial charge in [-0.3, -0.25) is 4.79 Å². The predicted octanol–water partition coefficient (Wildman–Crippen LogP) is 7.73. The number of hydrogen-bond donors (Lipinski definition) is 2. The molecular formula is C34H29BrClN3O7. The van der Waals surface area contributed by atoms with Gasteiger partial charge in [-0.1, -0.05) is 23.7 Å². The molecule has 0 unspecified atom stereocenters. The first kappa shape index (κ1) is 32.4. The first-order valence-corrected chi connectivity index (χ1v) is 15.1. The van der Waals surface area contributed by atoms with Crippen LogP contribution in [0.25, 0.3) is 5.69 Å². The lowest BCUT2D eigenvalue weighted by Gasteiger charge is -2.15. The molecule has 0 atom stereocenters. The van der Waals surface area contributed by atoms with Crippen LogP contribution in [0.1, 0.15) is 49.2 Å². The van der Waals surface area contributed by atoms with Crippen molar-refractivity contribution in [3.8, 4) is 22.9 Å². The molecule has 0 spiro atoms. The number of nitrogens with one attached hydrogen (secondary N) is 1. The maximum atomic E-state index is 12.7. The predicted molar refractivity (Wildman–Crippen MR) is 177 cm³/mol. The number of methoxy groups -OCH3 is 1. The molecule has 1 amide bonds. The third kappa shape index (κ3) is 7.44. The Morgan fingerprint density at radius 3 is 2.33 bits per heavy atom. The standard InChI is InChI=1S/C34H29BrClN3O7/c1-20-4-5-21(2)39(20)25-10-12-26(13-11-25)44-19-27-14-15-28(46-27)33(40)38-37-17-24-16-29(43-3)32(31(36)30(24)35)45-18-22-6-8-23(9-7-22)34(41)42/h4-17H,18-19H2,1-3H3,(H,38,40)(H,41,42)/b37-17+. The lowest BCUT2D eigenvalue weighted by atomic mass is 10.1. The van der Waals surface area contributed by atoms with Crippen molar-refractivity contribution >= 4 is 45.6 Å². The molecule has 0 saturated carbocycles. The number of benzene rings is 3. The zero-order valence-electron chi connectivity index (χ0n) is 25.0. The van der Waals surface area contributed by atoms with E-state index in [2.05, 4.69) is 57.0 Å². The third-order valence-corrected chi connectivity index (χ3v) is 8.41. The van der Waals surface area contributed by atoms with E-state index in [4.69, 9.17) is 35.3 Å². The van der Waals surface area contributed by atoms with Gasteiger partial charge < -0.3 is 28.3 Å². The minimum atomic E-state index is -1.01. The minimum absolute atomic E-state index is 0.0690. The topological polar surface area (TPSA) is 125 Å². The number of carbonyl (C=O) groups excluding carboxylic acids is 1. The molecule has 0 aliphatic heterocycles. The summed E-state index contributed by atoms with van der Waals surface area (Å²) in [5.41, 5.74) is 7.22. The molecule has 0 radical (unpaired) electrons. The summed E-state index contributed by atoms with van der Waals surface area (Å²) in [6, 6.07) is 23.1. The molecule has 2 N–H and O–H groups in total. The Kier molecular flexibility index (Phi) is 10.1. The molecule has 12 heteroatoms. The summed E-state index contributed by atoms with van der Waals surface area (Å²) in [6.45, 7) is 4.39. The van der Waals surface area contributed by atoms with Crippen LogP contribution in [-0.4, -0.2) is 34.9 Å². The Labute approximate surface area is 278 Å². The third-order valence-electron chi connectivity index (χ3n) is 6.96. The van der Waals surface area contributed by atoms with Gasteiger partial charge in [0.15, 0.2) is 17.3 Å². The number of hydrazone groups is 1. The highest BCUT2D eigenvalue weighted by molar-refractivity contribution is 9.10. The SMILES string of the molecule is COc1cc(/C=N/NC(=O)c2ccc(COc3ccc(-n4c(C)ccc4C)cc3)o2)c(Br)c(Cl)c1OCc1ccc(C(=O)O)cc1. The summed E-state index contributed by atoms with van der Waals surface area (Å²) < 4.78 is 25.5. The van der Waals surface area contributed by atoms with Crippen molar-refractivity contribution in [3.63, 3.8) is 0 Å². The molecule has 5 aromatic rings. The van der Waals surface area contributed by atoms with Crippen molar-refractivity contribution in [2.24, 2.45) is 5.10 Å². The van der Waals surface area contributed by atoms with Gasteiger partial charge in [0.25, 0.3) is 0 Å². The van der Waals surface area contributed by atoms with Crippen molar-refractivity contribution in [3.05, 3.63) is 128 Å². The van der Waals surface area contributed by atoms with E-state index < -0.39 is 11.9 Å². The number of ether oxygens (including phenoxy) is 3. The van der Waals surface area contributed by atoms with Crippen molar-refractivity contribution in [2.75, 3.05) is 7.11 Å². The summed E-state index contributed by atoms with van der Waals surface area (Å²) in [5, 5.41) is 13.3. The number of hydrogen-bond acceptors (Lipinski definition) is 7. The largest absolute Gasteiger partial charge is 0.493 e. The van der Waals surface area contributed by atoms with Crippen molar-refractivity contribution in [2.45, 2.75) is 27.1 Å². The molecule has 0 bridgehead atoms. The van der Waals surface area contributed by atoms with Crippen LogP contribution in [0.5, 0.6) is 17.2 Å². The smallest absolute Gasteiger partial charge is 0.335 e. The van der Waals surface area contributed by atoms with E-state index in [0.717, 1.165) is 22.6 Å². The van der Waals surface area contributed by atoms with Crippen LogP contribution in [0, 0.1) is 13.8 Å². The Hall–Kier alpha value is -5.00. The zero-order chi connectivity index (χ0) is 32.8. The summed E-state index contributed by atoms with van der Waals surface area (Å²) in [5.74, 6) is 0.277.